The lowest BCUT2D eigenvalue weighted by Crippen LogP contribution is -3.00. The number of ketones is 1. The Hall–Kier alpha value is 0.360. The molecule has 72 valence electrons. The standard InChI is InChI=1S/C9H18NO.HI/c1-8(11)9-5-4-6-10(2,3)7-9;/h9H,4-7H2,1-3H3;1H/q+1;/p-1. The van der Waals surface area contributed by atoms with Gasteiger partial charge in [0.1, 0.15) is 5.78 Å². The highest BCUT2D eigenvalue weighted by Crippen LogP contribution is 2.20. The predicted molar refractivity (Wildman–Crippen MR) is 45.2 cm³/mol. The van der Waals surface area contributed by atoms with E-state index in [1.807, 2.05) is 0 Å². The van der Waals surface area contributed by atoms with Gasteiger partial charge in [-0.25, -0.2) is 0 Å². The lowest BCUT2D eigenvalue weighted by atomic mass is 9.94. The van der Waals surface area contributed by atoms with E-state index in [1.54, 1.807) is 6.92 Å². The van der Waals surface area contributed by atoms with Gasteiger partial charge < -0.3 is 28.5 Å². The van der Waals surface area contributed by atoms with Crippen molar-refractivity contribution in [2.45, 2.75) is 19.8 Å². The van der Waals surface area contributed by atoms with Crippen LogP contribution in [0, 0.1) is 5.92 Å². The Morgan fingerprint density at radius 2 is 2.00 bits per heavy atom. The Morgan fingerprint density at radius 3 is 2.33 bits per heavy atom. The van der Waals surface area contributed by atoms with E-state index in [0.717, 1.165) is 17.4 Å². The molecule has 2 nitrogen and oxygen atoms in total. The minimum absolute atomic E-state index is 0. The molecule has 1 unspecified atom stereocenters. The lowest BCUT2D eigenvalue weighted by Gasteiger charge is -2.37. The molecule has 0 saturated carbocycles. The van der Waals surface area contributed by atoms with Crippen molar-refractivity contribution in [1.82, 2.24) is 0 Å². The Labute approximate surface area is 91.9 Å². The summed E-state index contributed by atoms with van der Waals surface area (Å²) < 4.78 is 1.02. The van der Waals surface area contributed by atoms with Crippen LogP contribution in [-0.4, -0.2) is 37.5 Å². The molecule has 0 spiro atoms. The van der Waals surface area contributed by atoms with E-state index in [2.05, 4.69) is 14.1 Å². The SMILES string of the molecule is CC(=O)C1CCC[N+](C)(C)C1.[I-]. The minimum Gasteiger partial charge on any atom is -1.00 e. The normalized spacial score (nSPS) is 27.4. The Balaban J connectivity index is 0.00000121. The van der Waals surface area contributed by atoms with Crippen LogP contribution in [0.25, 0.3) is 0 Å². The summed E-state index contributed by atoms with van der Waals surface area (Å²) in [6.45, 7) is 3.98. The summed E-state index contributed by atoms with van der Waals surface area (Å²) in [5.74, 6) is 0.703. The van der Waals surface area contributed by atoms with Crippen LogP contribution < -0.4 is 24.0 Å². The molecule has 1 aliphatic rings. The van der Waals surface area contributed by atoms with E-state index < -0.39 is 0 Å². The number of hydrogen-bond donors (Lipinski definition) is 0. The van der Waals surface area contributed by atoms with Gasteiger partial charge in [0.2, 0.25) is 0 Å². The minimum atomic E-state index is 0. The van der Waals surface area contributed by atoms with E-state index in [4.69, 9.17) is 0 Å². The quantitative estimate of drug-likeness (QED) is 0.404. The first kappa shape index (κ1) is 12.4. The molecule has 0 aromatic carbocycles. The second-order valence-corrected chi connectivity index (χ2v) is 4.29. The molecule has 1 rings (SSSR count). The fourth-order valence-corrected chi connectivity index (χ4v) is 1.88. The van der Waals surface area contributed by atoms with Crippen LogP contribution in [0.5, 0.6) is 0 Å². The molecule has 0 aliphatic carbocycles. The summed E-state index contributed by atoms with van der Waals surface area (Å²) >= 11 is 0. The summed E-state index contributed by atoms with van der Waals surface area (Å²) in [5, 5.41) is 0. The average Bonchev–Trinajstić information content (AvgIpc) is 1.85. The Bertz CT molecular complexity index is 168. The van der Waals surface area contributed by atoms with Gasteiger partial charge >= 0.3 is 0 Å². The van der Waals surface area contributed by atoms with E-state index in [9.17, 15) is 4.79 Å². The van der Waals surface area contributed by atoms with Gasteiger partial charge in [0, 0.05) is 0 Å². The maximum atomic E-state index is 11.1. The van der Waals surface area contributed by atoms with Crippen molar-refractivity contribution in [3.05, 3.63) is 0 Å². The molecule has 1 aliphatic heterocycles. The molecule has 1 heterocycles. The van der Waals surface area contributed by atoms with Gasteiger partial charge in [0.15, 0.2) is 0 Å². The maximum Gasteiger partial charge on any atom is 0.138 e. The smallest absolute Gasteiger partial charge is 0.138 e. The highest BCUT2D eigenvalue weighted by Gasteiger charge is 2.29. The van der Waals surface area contributed by atoms with Crippen molar-refractivity contribution >= 4 is 5.78 Å². The third-order valence-electron chi connectivity index (χ3n) is 2.61. The van der Waals surface area contributed by atoms with Crippen molar-refractivity contribution in [3.8, 4) is 0 Å². The summed E-state index contributed by atoms with van der Waals surface area (Å²) in [4.78, 5) is 11.1. The van der Waals surface area contributed by atoms with E-state index in [0.29, 0.717) is 11.7 Å². The summed E-state index contributed by atoms with van der Waals surface area (Å²) in [5.41, 5.74) is 0. The molecule has 0 amide bonds. The van der Waals surface area contributed by atoms with Crippen molar-refractivity contribution in [2.75, 3.05) is 27.2 Å². The fourth-order valence-electron chi connectivity index (χ4n) is 1.88. The Kier molecular flexibility index (Phi) is 4.69. The van der Waals surface area contributed by atoms with Gasteiger partial charge in [-0.2, -0.15) is 0 Å². The van der Waals surface area contributed by atoms with E-state index in [-0.39, 0.29) is 24.0 Å². The first-order valence-corrected chi connectivity index (χ1v) is 4.34. The summed E-state index contributed by atoms with van der Waals surface area (Å²) in [6, 6.07) is 0. The maximum absolute atomic E-state index is 11.1. The summed E-state index contributed by atoms with van der Waals surface area (Å²) in [6.07, 6.45) is 2.31. The average molecular weight is 283 g/mol. The van der Waals surface area contributed by atoms with Crippen LogP contribution in [0.2, 0.25) is 0 Å². The van der Waals surface area contributed by atoms with Gasteiger partial charge in [0.05, 0.1) is 33.1 Å². The lowest BCUT2D eigenvalue weighted by molar-refractivity contribution is -0.897. The topological polar surface area (TPSA) is 17.1 Å². The highest BCUT2D eigenvalue weighted by atomic mass is 127. The Morgan fingerprint density at radius 1 is 1.42 bits per heavy atom. The molecule has 3 heteroatoms. The molecule has 0 aromatic rings. The summed E-state index contributed by atoms with van der Waals surface area (Å²) in [7, 11) is 4.41. The zero-order chi connectivity index (χ0) is 8.48. The molecular weight excluding hydrogens is 265 g/mol. The van der Waals surface area contributed by atoms with Crippen molar-refractivity contribution in [3.63, 3.8) is 0 Å². The number of piperidine rings is 1. The van der Waals surface area contributed by atoms with Crippen LogP contribution in [0.4, 0.5) is 0 Å². The van der Waals surface area contributed by atoms with Crippen LogP contribution >= 0.6 is 0 Å². The second kappa shape index (κ2) is 4.56. The number of likely N-dealkylation sites (tertiary alicyclic amines) is 1. The van der Waals surface area contributed by atoms with Crippen LogP contribution in [-0.2, 0) is 4.79 Å². The third-order valence-corrected chi connectivity index (χ3v) is 2.61. The van der Waals surface area contributed by atoms with Crippen molar-refractivity contribution in [2.24, 2.45) is 5.92 Å². The van der Waals surface area contributed by atoms with E-state index >= 15 is 0 Å². The molecule has 1 fully saturated rings. The van der Waals surface area contributed by atoms with Crippen LogP contribution in [0.1, 0.15) is 19.8 Å². The predicted octanol–water partition coefficient (Wildman–Crippen LogP) is -1.93. The molecule has 1 saturated heterocycles. The number of halogens is 1. The zero-order valence-electron chi connectivity index (χ0n) is 8.14. The zero-order valence-corrected chi connectivity index (χ0v) is 10.3. The third kappa shape index (κ3) is 3.39. The first-order chi connectivity index (χ1) is 5.01. The fraction of sp³-hybridized carbons (Fsp3) is 0.889. The number of rotatable bonds is 1. The number of nitrogens with zero attached hydrogens (tertiary/aromatic N) is 1. The molecule has 0 aromatic heterocycles. The molecule has 0 N–H and O–H groups in total. The van der Waals surface area contributed by atoms with Gasteiger partial charge in [-0.1, -0.05) is 0 Å². The monoisotopic (exact) mass is 283 g/mol. The first-order valence-electron chi connectivity index (χ1n) is 4.34. The highest BCUT2D eigenvalue weighted by molar-refractivity contribution is 5.78. The molecule has 0 bridgehead atoms. The van der Waals surface area contributed by atoms with Gasteiger partial charge in [-0.05, 0) is 19.8 Å². The van der Waals surface area contributed by atoms with E-state index in [1.165, 1.54) is 13.0 Å². The molecule has 12 heavy (non-hydrogen) atoms. The largest absolute Gasteiger partial charge is 1.00 e. The van der Waals surface area contributed by atoms with Crippen LogP contribution in [0.3, 0.4) is 0 Å². The molecular formula is C9H18INO. The van der Waals surface area contributed by atoms with Crippen molar-refractivity contribution < 1.29 is 33.3 Å². The van der Waals surface area contributed by atoms with Crippen LogP contribution in [0.15, 0.2) is 0 Å². The second-order valence-electron chi connectivity index (χ2n) is 4.29. The van der Waals surface area contributed by atoms with Gasteiger partial charge in [0.25, 0.3) is 0 Å². The number of Topliss-reactive ketones (excluding diaryl/α,β-unsaturated/α-hetero) is 1. The number of carbonyl (C=O) groups is 1. The number of quaternary nitrogens is 1. The van der Waals surface area contributed by atoms with Gasteiger partial charge in [-0.3, -0.25) is 4.79 Å². The molecule has 1 atom stereocenters. The number of carbonyl (C=O) groups excluding carboxylic acids is 1. The molecule has 0 radical (unpaired) electrons. The van der Waals surface area contributed by atoms with Crippen molar-refractivity contribution in [1.29, 1.82) is 0 Å². The van der Waals surface area contributed by atoms with Gasteiger partial charge in [-0.15, -0.1) is 0 Å². The number of hydrogen-bond acceptors (Lipinski definition) is 1.